The number of amides is 1. The third-order valence-corrected chi connectivity index (χ3v) is 3.10. The second-order valence-electron chi connectivity index (χ2n) is 5.64. The molecule has 1 amide bonds. The van der Waals surface area contributed by atoms with Gasteiger partial charge >= 0.3 is 6.18 Å². The molecule has 0 heterocycles. The van der Waals surface area contributed by atoms with Gasteiger partial charge in [-0.1, -0.05) is 26.8 Å². The smallest absolute Gasteiger partial charge is 0.349 e. The highest BCUT2D eigenvalue weighted by Gasteiger charge is 2.31. The molecular formula is C14H18F3NO. The molecule has 1 atom stereocenters. The van der Waals surface area contributed by atoms with Crippen molar-refractivity contribution in [3.63, 3.8) is 0 Å². The molecule has 19 heavy (non-hydrogen) atoms. The molecule has 1 aromatic carbocycles. The molecule has 0 aliphatic carbocycles. The van der Waals surface area contributed by atoms with Crippen molar-refractivity contribution in [2.24, 2.45) is 5.41 Å². The van der Waals surface area contributed by atoms with Gasteiger partial charge in [0.25, 0.3) is 5.91 Å². The van der Waals surface area contributed by atoms with E-state index in [4.69, 9.17) is 0 Å². The standard InChI is InChI=1S/C14H18F3NO/c1-9(13(2,3)4)18-12(19)10-6-5-7-11(8-10)14(15,16)17/h5-9H,1-4H3,(H,18,19)/t9-/m0/s1. The van der Waals surface area contributed by atoms with Gasteiger partial charge in [-0.2, -0.15) is 13.2 Å². The highest BCUT2D eigenvalue weighted by Crippen LogP contribution is 2.29. The first-order valence-corrected chi connectivity index (χ1v) is 6.00. The van der Waals surface area contributed by atoms with Crippen LogP contribution in [-0.4, -0.2) is 11.9 Å². The summed E-state index contributed by atoms with van der Waals surface area (Å²) in [6, 6.07) is 4.28. The Bertz CT molecular complexity index is 460. The van der Waals surface area contributed by atoms with Crippen molar-refractivity contribution in [3.8, 4) is 0 Å². The molecule has 0 fully saturated rings. The Morgan fingerprint density at radius 3 is 2.26 bits per heavy atom. The van der Waals surface area contributed by atoms with E-state index < -0.39 is 17.6 Å². The molecule has 1 aromatic rings. The van der Waals surface area contributed by atoms with Gasteiger partial charge in [-0.3, -0.25) is 4.79 Å². The van der Waals surface area contributed by atoms with Crippen LogP contribution in [0.1, 0.15) is 43.6 Å². The third-order valence-electron chi connectivity index (χ3n) is 3.10. The Morgan fingerprint density at radius 1 is 1.21 bits per heavy atom. The maximum atomic E-state index is 12.6. The number of hydrogen-bond donors (Lipinski definition) is 1. The van der Waals surface area contributed by atoms with Crippen LogP contribution < -0.4 is 5.32 Å². The van der Waals surface area contributed by atoms with E-state index in [1.807, 2.05) is 27.7 Å². The molecule has 0 saturated heterocycles. The average molecular weight is 273 g/mol. The fourth-order valence-corrected chi connectivity index (χ4v) is 1.33. The number of alkyl halides is 3. The number of nitrogens with one attached hydrogen (secondary N) is 1. The highest BCUT2D eigenvalue weighted by atomic mass is 19.4. The Labute approximate surface area is 111 Å². The molecule has 0 aliphatic heterocycles. The quantitative estimate of drug-likeness (QED) is 0.870. The van der Waals surface area contributed by atoms with Gasteiger partial charge in [0.05, 0.1) is 5.56 Å². The first-order chi connectivity index (χ1) is 8.51. The molecular weight excluding hydrogens is 255 g/mol. The minimum Gasteiger partial charge on any atom is -0.349 e. The van der Waals surface area contributed by atoms with Crippen molar-refractivity contribution in [3.05, 3.63) is 35.4 Å². The first-order valence-electron chi connectivity index (χ1n) is 6.00. The van der Waals surface area contributed by atoms with E-state index in [1.54, 1.807) is 0 Å². The Morgan fingerprint density at radius 2 is 1.79 bits per heavy atom. The lowest BCUT2D eigenvalue weighted by atomic mass is 9.88. The fraction of sp³-hybridized carbons (Fsp3) is 0.500. The predicted octanol–water partition coefficient (Wildman–Crippen LogP) is 3.87. The van der Waals surface area contributed by atoms with E-state index in [9.17, 15) is 18.0 Å². The summed E-state index contributed by atoms with van der Waals surface area (Å²) in [7, 11) is 0. The lowest BCUT2D eigenvalue weighted by Gasteiger charge is -2.28. The van der Waals surface area contributed by atoms with E-state index in [2.05, 4.69) is 5.32 Å². The predicted molar refractivity (Wildman–Crippen MR) is 67.8 cm³/mol. The zero-order chi connectivity index (χ0) is 14.8. The molecule has 5 heteroatoms. The van der Waals surface area contributed by atoms with E-state index in [0.29, 0.717) is 0 Å². The molecule has 0 aromatic heterocycles. The summed E-state index contributed by atoms with van der Waals surface area (Å²) in [5.74, 6) is -0.492. The minimum absolute atomic E-state index is 0.0194. The van der Waals surface area contributed by atoms with Crippen LogP contribution in [-0.2, 0) is 6.18 Å². The van der Waals surface area contributed by atoms with Gasteiger partial charge in [-0.25, -0.2) is 0 Å². The molecule has 0 radical (unpaired) electrons. The molecule has 1 rings (SSSR count). The van der Waals surface area contributed by atoms with Gasteiger partial charge in [0.1, 0.15) is 0 Å². The SMILES string of the molecule is C[C@H](NC(=O)c1cccc(C(F)(F)F)c1)C(C)(C)C. The average Bonchev–Trinajstić information content (AvgIpc) is 2.26. The van der Waals surface area contributed by atoms with Crippen molar-refractivity contribution in [2.45, 2.75) is 39.9 Å². The fourth-order valence-electron chi connectivity index (χ4n) is 1.33. The van der Waals surface area contributed by atoms with Crippen LogP contribution in [0, 0.1) is 5.41 Å². The third kappa shape index (κ3) is 4.26. The van der Waals surface area contributed by atoms with Crippen molar-refractivity contribution in [1.82, 2.24) is 5.32 Å². The molecule has 106 valence electrons. The molecule has 0 spiro atoms. The van der Waals surface area contributed by atoms with Crippen LogP contribution >= 0.6 is 0 Å². The number of rotatable bonds is 2. The molecule has 0 bridgehead atoms. The van der Waals surface area contributed by atoms with Crippen LogP contribution in [0.2, 0.25) is 0 Å². The van der Waals surface area contributed by atoms with Crippen LogP contribution in [0.4, 0.5) is 13.2 Å². The van der Waals surface area contributed by atoms with Gasteiger partial charge in [-0.15, -0.1) is 0 Å². The normalized spacial score (nSPS) is 14.1. The number of hydrogen-bond acceptors (Lipinski definition) is 1. The summed E-state index contributed by atoms with van der Waals surface area (Å²) < 4.78 is 37.7. The number of carbonyl (C=O) groups excluding carboxylic acids is 1. The van der Waals surface area contributed by atoms with Gasteiger partial charge in [0, 0.05) is 11.6 Å². The first kappa shape index (κ1) is 15.5. The second kappa shape index (κ2) is 5.23. The van der Waals surface area contributed by atoms with Crippen molar-refractivity contribution < 1.29 is 18.0 Å². The summed E-state index contributed by atoms with van der Waals surface area (Å²) in [6.45, 7) is 7.67. The Kier molecular flexibility index (Phi) is 4.28. The number of benzene rings is 1. The molecule has 0 saturated carbocycles. The maximum Gasteiger partial charge on any atom is 0.416 e. The summed E-state index contributed by atoms with van der Waals surface area (Å²) in [6.07, 6.45) is -4.44. The van der Waals surface area contributed by atoms with Crippen LogP contribution in [0.25, 0.3) is 0 Å². The van der Waals surface area contributed by atoms with E-state index in [0.717, 1.165) is 12.1 Å². The molecule has 1 N–H and O–H groups in total. The zero-order valence-corrected chi connectivity index (χ0v) is 11.4. The lowest BCUT2D eigenvalue weighted by molar-refractivity contribution is -0.137. The van der Waals surface area contributed by atoms with Crippen molar-refractivity contribution in [1.29, 1.82) is 0 Å². The van der Waals surface area contributed by atoms with Crippen molar-refractivity contribution >= 4 is 5.91 Å². The Balaban J connectivity index is 2.90. The lowest BCUT2D eigenvalue weighted by Crippen LogP contribution is -2.41. The van der Waals surface area contributed by atoms with Gasteiger partial charge < -0.3 is 5.32 Å². The number of halogens is 3. The largest absolute Gasteiger partial charge is 0.416 e. The second-order valence-corrected chi connectivity index (χ2v) is 5.64. The summed E-state index contributed by atoms with van der Waals surface area (Å²) in [5, 5.41) is 2.71. The molecule has 0 aliphatic rings. The zero-order valence-electron chi connectivity index (χ0n) is 11.4. The molecule has 2 nitrogen and oxygen atoms in total. The summed E-state index contributed by atoms with van der Waals surface area (Å²) in [5.41, 5.74) is -0.952. The maximum absolute atomic E-state index is 12.6. The van der Waals surface area contributed by atoms with Crippen LogP contribution in [0.15, 0.2) is 24.3 Å². The minimum atomic E-state index is -4.44. The summed E-state index contributed by atoms with van der Waals surface area (Å²) in [4.78, 5) is 11.9. The Hall–Kier alpha value is -1.52. The van der Waals surface area contributed by atoms with E-state index in [1.165, 1.54) is 12.1 Å². The van der Waals surface area contributed by atoms with E-state index >= 15 is 0 Å². The van der Waals surface area contributed by atoms with E-state index in [-0.39, 0.29) is 17.0 Å². The van der Waals surface area contributed by atoms with Crippen LogP contribution in [0.3, 0.4) is 0 Å². The van der Waals surface area contributed by atoms with Crippen LogP contribution in [0.5, 0.6) is 0 Å². The van der Waals surface area contributed by atoms with Gasteiger partial charge in [-0.05, 0) is 30.5 Å². The monoisotopic (exact) mass is 273 g/mol. The van der Waals surface area contributed by atoms with Gasteiger partial charge in [0.2, 0.25) is 0 Å². The summed E-state index contributed by atoms with van der Waals surface area (Å²) >= 11 is 0. The highest BCUT2D eigenvalue weighted by molar-refractivity contribution is 5.94. The number of carbonyl (C=O) groups is 1. The van der Waals surface area contributed by atoms with Gasteiger partial charge in [0.15, 0.2) is 0 Å². The van der Waals surface area contributed by atoms with Crippen molar-refractivity contribution in [2.75, 3.05) is 0 Å². The topological polar surface area (TPSA) is 29.1 Å². The molecule has 0 unspecified atom stereocenters.